The molecule has 0 bridgehead atoms. The van der Waals surface area contributed by atoms with Crippen LogP contribution in [0.5, 0.6) is 0 Å². The normalized spacial score (nSPS) is 47.9. The van der Waals surface area contributed by atoms with E-state index in [1.165, 1.54) is 5.57 Å². The lowest BCUT2D eigenvalue weighted by Crippen LogP contribution is -2.54. The van der Waals surface area contributed by atoms with Crippen molar-refractivity contribution in [3.63, 3.8) is 0 Å². The molecule has 1 saturated carbocycles. The van der Waals surface area contributed by atoms with E-state index in [2.05, 4.69) is 32.1 Å². The van der Waals surface area contributed by atoms with Crippen LogP contribution in [0, 0.1) is 28.6 Å². The summed E-state index contributed by atoms with van der Waals surface area (Å²) in [6.07, 6.45) is 15.6. The van der Waals surface area contributed by atoms with Crippen molar-refractivity contribution in [1.29, 1.82) is 0 Å². The minimum atomic E-state index is -0.807. The Bertz CT molecular complexity index is 675. The minimum Gasteiger partial charge on any atom is -0.396 e. The van der Waals surface area contributed by atoms with E-state index in [4.69, 9.17) is 0 Å². The van der Waals surface area contributed by atoms with Crippen LogP contribution in [-0.2, 0) is 4.79 Å². The number of allylic oxidation sites excluding steroid dienone is 5. The van der Waals surface area contributed by atoms with Crippen LogP contribution in [-0.4, -0.2) is 28.2 Å². The van der Waals surface area contributed by atoms with Gasteiger partial charge in [0.1, 0.15) is 0 Å². The molecule has 3 nitrogen and oxygen atoms in total. The van der Waals surface area contributed by atoms with Gasteiger partial charge in [0.05, 0.1) is 5.60 Å². The number of ketones is 1. The summed E-state index contributed by atoms with van der Waals surface area (Å²) in [5.74, 6) is 1.56. The summed E-state index contributed by atoms with van der Waals surface area (Å²) in [5, 5.41) is 20.5. The van der Waals surface area contributed by atoms with Crippen LogP contribution in [0.3, 0.4) is 0 Å². The molecule has 4 rings (SSSR count). The zero-order valence-electron chi connectivity index (χ0n) is 15.4. The molecule has 0 heterocycles. The first kappa shape index (κ1) is 17.2. The zero-order valence-corrected chi connectivity index (χ0v) is 15.4. The van der Waals surface area contributed by atoms with Gasteiger partial charge in [-0.25, -0.2) is 0 Å². The van der Waals surface area contributed by atoms with Gasteiger partial charge in [-0.15, -0.1) is 0 Å². The Hall–Kier alpha value is -1.19. The van der Waals surface area contributed by atoms with Gasteiger partial charge >= 0.3 is 0 Å². The molecule has 0 saturated heterocycles. The summed E-state index contributed by atoms with van der Waals surface area (Å²) in [6.45, 7) is 4.70. The lowest BCUT2D eigenvalue weighted by Gasteiger charge is -2.57. The van der Waals surface area contributed by atoms with Crippen molar-refractivity contribution in [1.82, 2.24) is 0 Å². The first-order chi connectivity index (χ1) is 11.8. The molecule has 6 atom stereocenters. The number of carbonyl (C=O) groups is 1. The van der Waals surface area contributed by atoms with Crippen LogP contribution < -0.4 is 0 Å². The second-order valence-electron chi connectivity index (χ2n) is 9.12. The number of aliphatic hydroxyl groups excluding tert-OH is 1. The molecule has 0 aromatic rings. The smallest absolute Gasteiger partial charge is 0.156 e. The number of hydrogen-bond donors (Lipinski definition) is 2. The Morgan fingerprint density at radius 1 is 1.24 bits per heavy atom. The van der Waals surface area contributed by atoms with Gasteiger partial charge in [-0.1, -0.05) is 38.2 Å². The van der Waals surface area contributed by atoms with Crippen LogP contribution >= 0.6 is 0 Å². The molecule has 0 aliphatic heterocycles. The second kappa shape index (κ2) is 5.65. The van der Waals surface area contributed by atoms with Crippen molar-refractivity contribution in [3.05, 3.63) is 36.0 Å². The molecule has 0 aromatic heterocycles. The van der Waals surface area contributed by atoms with Gasteiger partial charge in [0.15, 0.2) is 5.78 Å². The Balaban J connectivity index is 1.68. The van der Waals surface area contributed by atoms with Gasteiger partial charge in [0.25, 0.3) is 0 Å². The maximum atomic E-state index is 11.9. The van der Waals surface area contributed by atoms with E-state index in [9.17, 15) is 15.0 Å². The summed E-state index contributed by atoms with van der Waals surface area (Å²) >= 11 is 0. The fourth-order valence-corrected chi connectivity index (χ4v) is 6.29. The SMILES string of the molecule is C[C@]12CCC(=O)C=C1C=C[C@@H]1[C@@H]2CC[C@@]2(C)[C@H]1C=C[C@@]2(O)CCCO. The Labute approximate surface area is 150 Å². The van der Waals surface area contributed by atoms with Crippen molar-refractivity contribution in [2.75, 3.05) is 6.61 Å². The molecule has 0 spiro atoms. The molecule has 0 radical (unpaired) electrons. The molecule has 0 amide bonds. The summed E-state index contributed by atoms with van der Waals surface area (Å²) in [6, 6.07) is 0. The Morgan fingerprint density at radius 3 is 2.80 bits per heavy atom. The minimum absolute atomic E-state index is 0.0916. The van der Waals surface area contributed by atoms with Crippen molar-refractivity contribution >= 4 is 5.78 Å². The summed E-state index contributed by atoms with van der Waals surface area (Å²) in [7, 11) is 0. The number of hydrogen-bond acceptors (Lipinski definition) is 3. The molecule has 0 aromatic carbocycles. The van der Waals surface area contributed by atoms with Gasteiger partial charge in [0, 0.05) is 18.4 Å². The highest BCUT2D eigenvalue weighted by Gasteiger charge is 2.60. The third-order valence-corrected chi connectivity index (χ3v) is 8.06. The molecular formula is C22H30O3. The number of fused-ring (bicyclic) bond motifs is 5. The first-order valence-electron chi connectivity index (χ1n) is 9.80. The van der Waals surface area contributed by atoms with Crippen LogP contribution in [0.2, 0.25) is 0 Å². The van der Waals surface area contributed by atoms with Crippen LogP contribution in [0.15, 0.2) is 36.0 Å². The van der Waals surface area contributed by atoms with Gasteiger partial charge in [-0.3, -0.25) is 4.79 Å². The maximum Gasteiger partial charge on any atom is 0.156 e. The lowest BCUT2D eigenvalue weighted by atomic mass is 9.47. The topological polar surface area (TPSA) is 57.5 Å². The van der Waals surface area contributed by atoms with E-state index in [0.717, 1.165) is 19.3 Å². The highest BCUT2D eigenvalue weighted by Crippen LogP contribution is 2.64. The molecular weight excluding hydrogens is 312 g/mol. The van der Waals surface area contributed by atoms with E-state index in [-0.39, 0.29) is 23.2 Å². The number of carbonyl (C=O) groups excluding carboxylic acids is 1. The van der Waals surface area contributed by atoms with E-state index < -0.39 is 5.60 Å². The molecule has 4 aliphatic carbocycles. The van der Waals surface area contributed by atoms with Crippen molar-refractivity contribution in [2.24, 2.45) is 28.6 Å². The fourth-order valence-electron chi connectivity index (χ4n) is 6.29. The molecule has 3 heteroatoms. The molecule has 4 aliphatic rings. The largest absolute Gasteiger partial charge is 0.396 e. The number of aliphatic hydroxyl groups is 2. The monoisotopic (exact) mass is 342 g/mol. The van der Waals surface area contributed by atoms with E-state index in [1.54, 1.807) is 0 Å². The predicted octanol–water partition coefficient (Wildman–Crippen LogP) is 3.57. The van der Waals surface area contributed by atoms with E-state index in [1.807, 2.05) is 12.2 Å². The average molecular weight is 342 g/mol. The first-order valence-corrected chi connectivity index (χ1v) is 9.80. The Morgan fingerprint density at radius 2 is 2.04 bits per heavy atom. The molecule has 1 fully saturated rings. The summed E-state index contributed by atoms with van der Waals surface area (Å²) < 4.78 is 0. The standard InChI is InChI=1S/C22H30O3/c1-20-10-6-16(24)14-15(20)4-5-17-18(20)7-11-21(2)19(17)8-12-22(21,25)9-3-13-23/h4-5,8,12,14,17-19,23,25H,3,6-7,9-11,13H2,1-2H3/t17-,18+,19+,20+,21+,22+/m1/s1. The summed E-state index contributed by atoms with van der Waals surface area (Å²) in [4.78, 5) is 11.9. The van der Waals surface area contributed by atoms with Crippen LogP contribution in [0.1, 0.15) is 52.4 Å². The highest BCUT2D eigenvalue weighted by molar-refractivity contribution is 5.92. The van der Waals surface area contributed by atoms with Crippen molar-refractivity contribution in [3.8, 4) is 0 Å². The van der Waals surface area contributed by atoms with Crippen molar-refractivity contribution in [2.45, 2.75) is 58.0 Å². The van der Waals surface area contributed by atoms with Gasteiger partial charge < -0.3 is 10.2 Å². The van der Waals surface area contributed by atoms with Crippen molar-refractivity contribution < 1.29 is 15.0 Å². The maximum absolute atomic E-state index is 11.9. The second-order valence-corrected chi connectivity index (χ2v) is 9.12. The van der Waals surface area contributed by atoms with Gasteiger partial charge in [-0.2, -0.15) is 0 Å². The van der Waals surface area contributed by atoms with E-state index >= 15 is 0 Å². The van der Waals surface area contributed by atoms with Gasteiger partial charge in [-0.05, 0) is 66.9 Å². The lowest BCUT2D eigenvalue weighted by molar-refractivity contribution is -0.118. The molecule has 136 valence electrons. The summed E-state index contributed by atoms with van der Waals surface area (Å²) in [5.41, 5.74) is 0.342. The predicted molar refractivity (Wildman–Crippen MR) is 97.8 cm³/mol. The fraction of sp³-hybridized carbons (Fsp3) is 0.682. The third-order valence-electron chi connectivity index (χ3n) is 8.06. The molecule has 25 heavy (non-hydrogen) atoms. The van der Waals surface area contributed by atoms with Crippen LogP contribution in [0.4, 0.5) is 0 Å². The van der Waals surface area contributed by atoms with E-state index in [0.29, 0.717) is 37.0 Å². The average Bonchev–Trinajstić information content (AvgIpc) is 2.85. The van der Waals surface area contributed by atoms with Crippen LogP contribution in [0.25, 0.3) is 0 Å². The molecule has 0 unspecified atom stereocenters. The number of rotatable bonds is 3. The van der Waals surface area contributed by atoms with Gasteiger partial charge in [0.2, 0.25) is 0 Å². The quantitative estimate of drug-likeness (QED) is 0.771. The third kappa shape index (κ3) is 2.28. The Kier molecular flexibility index (Phi) is 3.90. The molecule has 2 N–H and O–H groups in total. The highest BCUT2D eigenvalue weighted by atomic mass is 16.3. The zero-order chi connectivity index (χ0) is 17.9.